The van der Waals surface area contributed by atoms with E-state index >= 15 is 0 Å². The van der Waals surface area contributed by atoms with Crippen LogP contribution < -0.4 is 4.74 Å². The lowest BCUT2D eigenvalue weighted by atomic mass is 10.1. The summed E-state index contributed by atoms with van der Waals surface area (Å²) in [5.74, 6) is -0.884. The minimum absolute atomic E-state index is 0.229. The van der Waals surface area contributed by atoms with E-state index in [1.54, 1.807) is 45.0 Å². The van der Waals surface area contributed by atoms with Crippen molar-refractivity contribution in [1.29, 1.82) is 0 Å². The van der Waals surface area contributed by atoms with Gasteiger partial charge in [-0.15, -0.1) is 0 Å². The van der Waals surface area contributed by atoms with Crippen molar-refractivity contribution in [3.05, 3.63) is 52.3 Å². The fourth-order valence-corrected chi connectivity index (χ4v) is 2.85. The van der Waals surface area contributed by atoms with E-state index in [2.05, 4.69) is 4.98 Å². The molecule has 1 unspecified atom stereocenters. The van der Waals surface area contributed by atoms with Crippen molar-refractivity contribution in [3.63, 3.8) is 0 Å². The van der Waals surface area contributed by atoms with Gasteiger partial charge in [0, 0.05) is 5.69 Å². The maximum Gasteiger partial charge on any atom is 0.340 e. The minimum Gasteiger partial charge on any atom is -0.494 e. The molecule has 150 valence electrons. The maximum atomic E-state index is 12.7. The van der Waals surface area contributed by atoms with Gasteiger partial charge in [0.25, 0.3) is 0 Å². The lowest BCUT2D eigenvalue weighted by Gasteiger charge is -2.12. The van der Waals surface area contributed by atoms with Crippen LogP contribution >= 0.6 is 0 Å². The van der Waals surface area contributed by atoms with Gasteiger partial charge in [-0.2, -0.15) is 0 Å². The molecule has 0 aliphatic rings. The third-order valence-corrected chi connectivity index (χ3v) is 4.22. The average Bonchev–Trinajstić information content (AvgIpc) is 2.96. The Balaban J connectivity index is 2.13. The van der Waals surface area contributed by atoms with Gasteiger partial charge in [-0.25, -0.2) is 9.59 Å². The van der Waals surface area contributed by atoms with Crippen LogP contribution in [-0.2, 0) is 9.47 Å². The molecule has 0 fully saturated rings. The largest absolute Gasteiger partial charge is 0.494 e. The van der Waals surface area contributed by atoms with Crippen molar-refractivity contribution in [3.8, 4) is 5.75 Å². The monoisotopic (exact) mass is 387 g/mol. The molecule has 1 atom stereocenters. The molecule has 1 N–H and O–H groups in total. The lowest BCUT2D eigenvalue weighted by molar-refractivity contribution is 0.0316. The third-order valence-electron chi connectivity index (χ3n) is 4.22. The van der Waals surface area contributed by atoms with E-state index < -0.39 is 23.8 Å². The highest BCUT2D eigenvalue weighted by atomic mass is 16.5. The Morgan fingerprint density at radius 3 is 2.21 bits per heavy atom. The maximum absolute atomic E-state index is 12.7. The molecule has 7 nitrogen and oxygen atoms in total. The molecule has 1 aromatic carbocycles. The van der Waals surface area contributed by atoms with Gasteiger partial charge in [-0.05, 0) is 64.4 Å². The number of benzene rings is 1. The number of nitrogens with one attached hydrogen (secondary N) is 1. The molecule has 0 spiro atoms. The number of aromatic amines is 1. The van der Waals surface area contributed by atoms with E-state index in [4.69, 9.17) is 14.2 Å². The van der Waals surface area contributed by atoms with Crippen molar-refractivity contribution >= 4 is 17.7 Å². The summed E-state index contributed by atoms with van der Waals surface area (Å²) in [5, 5.41) is 0. The van der Waals surface area contributed by atoms with E-state index in [0.717, 1.165) is 0 Å². The van der Waals surface area contributed by atoms with Crippen LogP contribution in [0, 0.1) is 13.8 Å². The molecule has 0 aliphatic heterocycles. The summed E-state index contributed by atoms with van der Waals surface area (Å²) < 4.78 is 15.7. The fraction of sp³-hybridized carbons (Fsp3) is 0.381. The summed E-state index contributed by atoms with van der Waals surface area (Å²) in [5.41, 5.74) is 1.88. The van der Waals surface area contributed by atoms with Crippen LogP contribution in [0.1, 0.15) is 63.2 Å². The first-order chi connectivity index (χ1) is 13.3. The number of hydrogen-bond donors (Lipinski definition) is 1. The molecule has 2 rings (SSSR count). The smallest absolute Gasteiger partial charge is 0.340 e. The highest BCUT2D eigenvalue weighted by Crippen LogP contribution is 2.21. The Bertz CT molecular complexity index is 866. The standard InChI is InChI=1S/C21H25NO6/c1-6-26-16-10-8-15(9-11-16)20(24)28-14(5)19(23)18-12(3)17(13(4)22-18)21(25)27-7-2/h8-11,14,22H,6-7H2,1-5H3. The SMILES string of the molecule is CCOC(=O)c1c(C)[nH]c(C(=O)C(C)OC(=O)c2ccc(OCC)cc2)c1C. The average molecular weight is 387 g/mol. The first-order valence-electron chi connectivity index (χ1n) is 9.14. The summed E-state index contributed by atoms with van der Waals surface area (Å²) in [6.07, 6.45) is -1.02. The van der Waals surface area contributed by atoms with Crippen LogP contribution in [0.15, 0.2) is 24.3 Å². The number of hydrogen-bond acceptors (Lipinski definition) is 6. The van der Waals surface area contributed by atoms with Crippen LogP contribution in [0.4, 0.5) is 0 Å². The molecule has 0 saturated heterocycles. The number of ketones is 1. The van der Waals surface area contributed by atoms with Crippen molar-refractivity contribution < 1.29 is 28.6 Å². The molecule has 0 saturated carbocycles. The number of carbonyl (C=O) groups is 3. The first-order valence-corrected chi connectivity index (χ1v) is 9.14. The number of H-pyrrole nitrogens is 1. The topological polar surface area (TPSA) is 94.7 Å². The van der Waals surface area contributed by atoms with Crippen LogP contribution in [0.2, 0.25) is 0 Å². The van der Waals surface area contributed by atoms with Gasteiger partial charge in [0.1, 0.15) is 5.75 Å². The lowest BCUT2D eigenvalue weighted by Crippen LogP contribution is -2.25. The Morgan fingerprint density at radius 2 is 1.64 bits per heavy atom. The predicted molar refractivity (Wildman–Crippen MR) is 103 cm³/mol. The van der Waals surface area contributed by atoms with Gasteiger partial charge in [0.2, 0.25) is 5.78 Å². The molecule has 1 heterocycles. The summed E-state index contributed by atoms with van der Waals surface area (Å²) in [4.78, 5) is 40.0. The molecule has 2 aromatic rings. The summed E-state index contributed by atoms with van der Waals surface area (Å²) >= 11 is 0. The van der Waals surface area contributed by atoms with E-state index in [1.807, 2.05) is 6.92 Å². The summed E-state index contributed by atoms with van der Waals surface area (Å²) in [6.45, 7) is 9.18. The Morgan fingerprint density at radius 1 is 1.00 bits per heavy atom. The van der Waals surface area contributed by atoms with E-state index in [-0.39, 0.29) is 12.3 Å². The highest BCUT2D eigenvalue weighted by Gasteiger charge is 2.27. The molecule has 7 heteroatoms. The third kappa shape index (κ3) is 4.60. The zero-order valence-corrected chi connectivity index (χ0v) is 16.8. The number of Topliss-reactive ketones (excluding diaryl/α,β-unsaturated/α-hetero) is 1. The number of carbonyl (C=O) groups excluding carboxylic acids is 3. The van der Waals surface area contributed by atoms with Gasteiger partial charge >= 0.3 is 11.9 Å². The second-order valence-corrected chi connectivity index (χ2v) is 6.21. The summed E-state index contributed by atoms with van der Waals surface area (Å²) in [6, 6.07) is 6.48. The van der Waals surface area contributed by atoms with Crippen molar-refractivity contribution in [2.24, 2.45) is 0 Å². The van der Waals surface area contributed by atoms with Crippen molar-refractivity contribution in [2.45, 2.75) is 40.7 Å². The van der Waals surface area contributed by atoms with Gasteiger partial charge in [-0.3, -0.25) is 4.79 Å². The first kappa shape index (κ1) is 21.2. The molecular weight excluding hydrogens is 362 g/mol. The van der Waals surface area contributed by atoms with E-state index in [9.17, 15) is 14.4 Å². The fourth-order valence-electron chi connectivity index (χ4n) is 2.85. The Hall–Kier alpha value is -3.09. The number of ether oxygens (including phenoxy) is 3. The molecular formula is C21H25NO6. The molecule has 0 radical (unpaired) electrons. The predicted octanol–water partition coefficient (Wildman–Crippen LogP) is 3.64. The van der Waals surface area contributed by atoms with Crippen LogP contribution in [0.3, 0.4) is 0 Å². The van der Waals surface area contributed by atoms with Gasteiger partial charge in [-0.1, -0.05) is 0 Å². The van der Waals surface area contributed by atoms with Crippen LogP contribution in [0.5, 0.6) is 5.75 Å². The highest BCUT2D eigenvalue weighted by molar-refractivity contribution is 6.04. The number of rotatable bonds is 8. The molecule has 0 amide bonds. The number of esters is 2. The van der Waals surface area contributed by atoms with E-state index in [0.29, 0.717) is 34.7 Å². The summed E-state index contributed by atoms with van der Waals surface area (Å²) in [7, 11) is 0. The quantitative estimate of drug-likeness (QED) is 0.549. The second kappa shape index (κ2) is 9.21. The Kier molecular flexibility index (Phi) is 6.98. The second-order valence-electron chi connectivity index (χ2n) is 6.21. The van der Waals surface area contributed by atoms with E-state index in [1.165, 1.54) is 6.92 Å². The molecule has 1 aromatic heterocycles. The van der Waals surface area contributed by atoms with Gasteiger partial charge < -0.3 is 19.2 Å². The zero-order valence-electron chi connectivity index (χ0n) is 16.8. The van der Waals surface area contributed by atoms with Crippen molar-refractivity contribution in [1.82, 2.24) is 4.98 Å². The molecule has 28 heavy (non-hydrogen) atoms. The van der Waals surface area contributed by atoms with Crippen LogP contribution in [0.25, 0.3) is 0 Å². The van der Waals surface area contributed by atoms with Gasteiger partial charge in [0.05, 0.1) is 30.0 Å². The molecule has 0 bridgehead atoms. The number of aromatic nitrogens is 1. The normalized spacial score (nSPS) is 11.6. The van der Waals surface area contributed by atoms with Crippen LogP contribution in [-0.4, -0.2) is 42.0 Å². The molecule has 0 aliphatic carbocycles. The zero-order chi connectivity index (χ0) is 20.8. The number of aryl methyl sites for hydroxylation is 1. The Labute approximate surface area is 164 Å². The minimum atomic E-state index is -1.02. The van der Waals surface area contributed by atoms with Gasteiger partial charge in [0.15, 0.2) is 6.10 Å². The van der Waals surface area contributed by atoms with Crippen molar-refractivity contribution in [2.75, 3.05) is 13.2 Å².